The standard InChI is InChI=1S/C7H5ClN2O/c8-10-7-9-5-3-1-2-4-6(5)11-7/h1-4H,(H,9,10). The van der Waals surface area contributed by atoms with E-state index >= 15 is 0 Å². The van der Waals surface area contributed by atoms with Crippen LogP contribution in [0.1, 0.15) is 0 Å². The third-order valence-corrected chi connectivity index (χ3v) is 1.54. The molecular formula is C7H5ClN2O. The summed E-state index contributed by atoms with van der Waals surface area (Å²) in [6, 6.07) is 7.79. The van der Waals surface area contributed by atoms with Crippen LogP contribution in [0.2, 0.25) is 0 Å². The molecule has 2 rings (SSSR count). The number of anilines is 1. The Balaban J connectivity index is 2.69. The van der Waals surface area contributed by atoms with E-state index in [4.69, 9.17) is 16.2 Å². The molecule has 0 aliphatic rings. The lowest BCUT2D eigenvalue weighted by Gasteiger charge is -1.81. The van der Waals surface area contributed by atoms with Gasteiger partial charge in [-0.2, -0.15) is 4.98 Å². The van der Waals surface area contributed by atoms with Gasteiger partial charge in [-0.25, -0.2) is 0 Å². The SMILES string of the molecule is ClNc1nc2ccccc2o1. The number of fused-ring (bicyclic) bond motifs is 1. The smallest absolute Gasteiger partial charge is 0.310 e. The van der Waals surface area contributed by atoms with Gasteiger partial charge in [-0.3, -0.25) is 4.84 Å². The molecule has 0 amide bonds. The van der Waals surface area contributed by atoms with E-state index in [9.17, 15) is 0 Å². The van der Waals surface area contributed by atoms with Crippen molar-refractivity contribution in [2.24, 2.45) is 0 Å². The number of hydrogen-bond acceptors (Lipinski definition) is 3. The minimum absolute atomic E-state index is 0.327. The fourth-order valence-electron chi connectivity index (χ4n) is 0.913. The number of hydrogen-bond donors (Lipinski definition) is 1. The molecule has 0 fully saturated rings. The van der Waals surface area contributed by atoms with Crippen molar-refractivity contribution in [2.75, 3.05) is 4.84 Å². The largest absolute Gasteiger partial charge is 0.423 e. The van der Waals surface area contributed by atoms with Crippen molar-refractivity contribution in [3.63, 3.8) is 0 Å². The molecule has 2 aromatic rings. The molecule has 0 spiro atoms. The Morgan fingerprint density at radius 1 is 1.36 bits per heavy atom. The average molecular weight is 169 g/mol. The molecule has 1 N–H and O–H groups in total. The van der Waals surface area contributed by atoms with Gasteiger partial charge in [0.1, 0.15) is 5.52 Å². The maximum Gasteiger partial charge on any atom is 0.310 e. The van der Waals surface area contributed by atoms with Crippen LogP contribution in [-0.2, 0) is 0 Å². The molecule has 0 saturated carbocycles. The Morgan fingerprint density at radius 2 is 2.18 bits per heavy atom. The molecule has 0 saturated heterocycles. The molecule has 1 aromatic carbocycles. The van der Waals surface area contributed by atoms with Crippen LogP contribution in [0.3, 0.4) is 0 Å². The summed E-state index contributed by atoms with van der Waals surface area (Å²) in [6.07, 6.45) is 0. The van der Waals surface area contributed by atoms with Gasteiger partial charge in [0.25, 0.3) is 0 Å². The third kappa shape index (κ3) is 1.03. The normalized spacial score (nSPS) is 10.3. The topological polar surface area (TPSA) is 38.1 Å². The Bertz CT molecular complexity index is 338. The van der Waals surface area contributed by atoms with Crippen molar-refractivity contribution in [1.29, 1.82) is 0 Å². The van der Waals surface area contributed by atoms with Crippen LogP contribution in [-0.4, -0.2) is 4.98 Å². The van der Waals surface area contributed by atoms with Crippen LogP contribution in [0, 0.1) is 0 Å². The molecule has 0 radical (unpaired) electrons. The highest BCUT2D eigenvalue weighted by atomic mass is 35.5. The lowest BCUT2D eigenvalue weighted by molar-refractivity contribution is 0.626. The second-order valence-electron chi connectivity index (χ2n) is 2.08. The highest BCUT2D eigenvalue weighted by Gasteiger charge is 2.01. The zero-order valence-corrected chi connectivity index (χ0v) is 6.30. The molecule has 3 nitrogen and oxygen atoms in total. The first kappa shape index (κ1) is 6.49. The molecule has 0 bridgehead atoms. The van der Waals surface area contributed by atoms with E-state index in [-0.39, 0.29) is 0 Å². The molecular weight excluding hydrogens is 164 g/mol. The zero-order valence-electron chi connectivity index (χ0n) is 5.54. The average Bonchev–Trinajstić information content (AvgIpc) is 2.46. The molecule has 1 aromatic heterocycles. The summed E-state index contributed by atoms with van der Waals surface area (Å²) in [7, 11) is 0. The number of rotatable bonds is 1. The number of aromatic nitrogens is 1. The third-order valence-electron chi connectivity index (χ3n) is 1.37. The van der Waals surface area contributed by atoms with Crippen LogP contribution in [0.25, 0.3) is 11.1 Å². The lowest BCUT2D eigenvalue weighted by atomic mass is 10.3. The Labute approximate surface area is 68.1 Å². The Hall–Kier alpha value is -1.22. The van der Waals surface area contributed by atoms with Crippen LogP contribution < -0.4 is 4.84 Å². The lowest BCUT2D eigenvalue weighted by Crippen LogP contribution is -1.75. The Morgan fingerprint density at radius 3 is 2.91 bits per heavy atom. The van der Waals surface area contributed by atoms with Gasteiger partial charge in [0.05, 0.1) is 0 Å². The maximum atomic E-state index is 5.29. The molecule has 1 heterocycles. The summed E-state index contributed by atoms with van der Waals surface area (Å²) in [4.78, 5) is 6.33. The molecule has 0 aliphatic heterocycles. The van der Waals surface area contributed by atoms with Crippen molar-refractivity contribution in [2.45, 2.75) is 0 Å². The van der Waals surface area contributed by atoms with Crippen LogP contribution in [0.4, 0.5) is 6.01 Å². The second-order valence-corrected chi connectivity index (χ2v) is 2.27. The van der Waals surface area contributed by atoms with Gasteiger partial charge in [-0.05, 0) is 12.1 Å². The number of oxazole rings is 1. The molecule has 11 heavy (non-hydrogen) atoms. The van der Waals surface area contributed by atoms with Crippen molar-refractivity contribution >= 4 is 28.9 Å². The van der Waals surface area contributed by atoms with Crippen molar-refractivity contribution in [3.05, 3.63) is 24.3 Å². The van der Waals surface area contributed by atoms with Crippen molar-refractivity contribution in [1.82, 2.24) is 4.98 Å². The predicted molar refractivity (Wildman–Crippen MR) is 43.5 cm³/mol. The summed E-state index contributed by atoms with van der Waals surface area (Å²) in [5, 5.41) is 0. The Kier molecular flexibility index (Phi) is 1.43. The molecule has 4 heteroatoms. The second kappa shape index (κ2) is 2.43. The molecule has 0 unspecified atom stereocenters. The summed E-state index contributed by atoms with van der Waals surface area (Å²) >= 11 is 5.29. The van der Waals surface area contributed by atoms with Crippen molar-refractivity contribution < 1.29 is 4.42 Å². The van der Waals surface area contributed by atoms with E-state index in [1.54, 1.807) is 0 Å². The van der Waals surface area contributed by atoms with Crippen LogP contribution in [0.5, 0.6) is 0 Å². The van der Waals surface area contributed by atoms with Gasteiger partial charge < -0.3 is 4.42 Å². The molecule has 0 atom stereocenters. The quantitative estimate of drug-likeness (QED) is 0.665. The summed E-state index contributed by atoms with van der Waals surface area (Å²) in [5.74, 6) is 0. The number of benzene rings is 1. The highest BCUT2D eigenvalue weighted by Crippen LogP contribution is 2.17. The van der Waals surface area contributed by atoms with E-state index in [0.717, 1.165) is 11.1 Å². The highest BCUT2D eigenvalue weighted by molar-refractivity contribution is 6.23. The number of para-hydroxylation sites is 2. The fraction of sp³-hybridized carbons (Fsp3) is 0. The first-order chi connectivity index (χ1) is 5.40. The van der Waals surface area contributed by atoms with Gasteiger partial charge >= 0.3 is 6.01 Å². The maximum absolute atomic E-state index is 5.29. The fourth-order valence-corrected chi connectivity index (χ4v) is 0.993. The van der Waals surface area contributed by atoms with Crippen LogP contribution in [0.15, 0.2) is 28.7 Å². The summed E-state index contributed by atoms with van der Waals surface area (Å²) in [6.45, 7) is 0. The summed E-state index contributed by atoms with van der Waals surface area (Å²) in [5.41, 5.74) is 1.53. The van der Waals surface area contributed by atoms with Gasteiger partial charge in [0.2, 0.25) is 0 Å². The molecule has 0 aliphatic carbocycles. The van der Waals surface area contributed by atoms with Gasteiger partial charge in [-0.1, -0.05) is 12.1 Å². The van der Waals surface area contributed by atoms with E-state index in [2.05, 4.69) is 9.82 Å². The number of nitrogens with one attached hydrogen (secondary N) is 1. The van der Waals surface area contributed by atoms with Gasteiger partial charge in [0, 0.05) is 11.8 Å². The van der Waals surface area contributed by atoms with E-state index in [1.807, 2.05) is 24.3 Å². The van der Waals surface area contributed by atoms with Crippen molar-refractivity contribution in [3.8, 4) is 0 Å². The van der Waals surface area contributed by atoms with E-state index < -0.39 is 0 Å². The minimum Gasteiger partial charge on any atom is -0.423 e. The number of halogens is 1. The van der Waals surface area contributed by atoms with Gasteiger partial charge in [-0.15, -0.1) is 0 Å². The monoisotopic (exact) mass is 168 g/mol. The first-order valence-corrected chi connectivity index (χ1v) is 3.50. The zero-order chi connectivity index (χ0) is 7.68. The van der Waals surface area contributed by atoms with E-state index in [0.29, 0.717) is 6.01 Å². The first-order valence-electron chi connectivity index (χ1n) is 3.12. The van der Waals surface area contributed by atoms with Crippen LogP contribution >= 0.6 is 11.8 Å². The molecule has 56 valence electrons. The number of nitrogens with zero attached hydrogens (tertiary/aromatic N) is 1. The summed E-state index contributed by atoms with van der Waals surface area (Å²) < 4.78 is 5.16. The minimum atomic E-state index is 0.327. The van der Waals surface area contributed by atoms with Gasteiger partial charge in [0.15, 0.2) is 5.58 Å². The van der Waals surface area contributed by atoms with E-state index in [1.165, 1.54) is 0 Å². The predicted octanol–water partition coefficient (Wildman–Crippen LogP) is 2.39.